The second kappa shape index (κ2) is 8.10. The zero-order valence-electron chi connectivity index (χ0n) is 15.3. The van der Waals surface area contributed by atoms with Crippen molar-refractivity contribution in [1.82, 2.24) is 14.5 Å². The van der Waals surface area contributed by atoms with Gasteiger partial charge in [-0.25, -0.2) is 4.98 Å². The quantitative estimate of drug-likeness (QED) is 0.465. The number of ether oxygens (including phenoxy) is 1. The van der Waals surface area contributed by atoms with Gasteiger partial charge in [-0.2, -0.15) is 4.99 Å². The average Bonchev–Trinajstić information content (AvgIpc) is 3.03. The Hall–Kier alpha value is -3.10. The second-order valence-corrected chi connectivity index (χ2v) is 7.49. The normalized spacial score (nSPS) is 11.9. The third kappa shape index (κ3) is 4.03. The van der Waals surface area contributed by atoms with E-state index in [0.717, 1.165) is 10.2 Å². The number of esters is 1. The van der Waals surface area contributed by atoms with Crippen LogP contribution in [0.1, 0.15) is 17.4 Å². The molecular weight excluding hydrogens is 412 g/mol. The highest BCUT2D eigenvalue weighted by molar-refractivity contribution is 7.16. The van der Waals surface area contributed by atoms with Gasteiger partial charge < -0.3 is 9.30 Å². The Balaban J connectivity index is 1.80. The second-order valence-electron chi connectivity index (χ2n) is 6.05. The minimum atomic E-state index is -0.543. The maximum atomic E-state index is 12.7. The lowest BCUT2D eigenvalue weighted by Crippen LogP contribution is -2.23. The minimum Gasteiger partial charge on any atom is -0.465 e. The first kappa shape index (κ1) is 19.2. The number of thiazole rings is 1. The molecule has 7 nitrogen and oxygen atoms in total. The van der Waals surface area contributed by atoms with E-state index < -0.39 is 11.9 Å². The van der Waals surface area contributed by atoms with Gasteiger partial charge in [0.1, 0.15) is 12.2 Å². The molecule has 0 aliphatic rings. The fourth-order valence-electron chi connectivity index (χ4n) is 2.83. The summed E-state index contributed by atoms with van der Waals surface area (Å²) in [6.45, 7) is 1.94. The summed E-state index contributed by atoms with van der Waals surface area (Å²) in [7, 11) is 0. The van der Waals surface area contributed by atoms with Gasteiger partial charge in [0.25, 0.3) is 5.91 Å². The zero-order chi connectivity index (χ0) is 20.4. The van der Waals surface area contributed by atoms with Crippen molar-refractivity contribution >= 4 is 56.1 Å². The summed E-state index contributed by atoms with van der Waals surface area (Å²) in [5.41, 5.74) is 2.17. The topological polar surface area (TPSA) is 86.4 Å². The molecule has 0 atom stereocenters. The molecule has 1 amide bonds. The predicted octanol–water partition coefficient (Wildman–Crippen LogP) is 3.60. The summed E-state index contributed by atoms with van der Waals surface area (Å²) < 4.78 is 7.49. The van der Waals surface area contributed by atoms with Gasteiger partial charge in [-0.1, -0.05) is 35.1 Å². The molecule has 0 N–H and O–H groups in total. The van der Waals surface area contributed by atoms with Crippen LogP contribution >= 0.6 is 22.9 Å². The van der Waals surface area contributed by atoms with Crippen molar-refractivity contribution in [2.75, 3.05) is 6.61 Å². The third-order valence-electron chi connectivity index (χ3n) is 4.10. The van der Waals surface area contributed by atoms with E-state index in [1.54, 1.807) is 35.8 Å². The van der Waals surface area contributed by atoms with Crippen LogP contribution in [0, 0.1) is 0 Å². The number of aromatic nitrogens is 3. The van der Waals surface area contributed by atoms with E-state index in [-0.39, 0.29) is 18.8 Å². The molecule has 4 rings (SSSR count). The Kier molecular flexibility index (Phi) is 5.37. The van der Waals surface area contributed by atoms with Crippen molar-refractivity contribution in [3.63, 3.8) is 0 Å². The molecule has 0 aliphatic heterocycles. The minimum absolute atomic E-state index is 0.0645. The van der Waals surface area contributed by atoms with E-state index in [4.69, 9.17) is 16.3 Å². The SMILES string of the molecule is CCOC(=O)Cn1c(=NC(=O)c2cnc3ccccc3n2)sc2cc(Cl)ccc21. The zero-order valence-corrected chi connectivity index (χ0v) is 16.9. The number of fused-ring (bicyclic) bond motifs is 2. The molecule has 0 saturated carbocycles. The first-order valence-corrected chi connectivity index (χ1v) is 10.00. The molecule has 0 aliphatic carbocycles. The van der Waals surface area contributed by atoms with Crippen molar-refractivity contribution in [3.8, 4) is 0 Å². The van der Waals surface area contributed by atoms with Gasteiger partial charge >= 0.3 is 5.97 Å². The highest BCUT2D eigenvalue weighted by atomic mass is 35.5. The smallest absolute Gasteiger partial charge is 0.326 e. The number of benzene rings is 2. The highest BCUT2D eigenvalue weighted by Crippen LogP contribution is 2.22. The Bertz CT molecular complexity index is 1310. The molecule has 0 unspecified atom stereocenters. The molecule has 0 radical (unpaired) electrons. The fraction of sp³-hybridized carbons (Fsp3) is 0.150. The molecule has 146 valence electrons. The van der Waals surface area contributed by atoms with Gasteiger partial charge in [0.2, 0.25) is 0 Å². The number of hydrogen-bond donors (Lipinski definition) is 0. The van der Waals surface area contributed by atoms with Crippen LogP contribution < -0.4 is 4.80 Å². The highest BCUT2D eigenvalue weighted by Gasteiger charge is 2.14. The number of para-hydroxylation sites is 2. The number of rotatable bonds is 4. The lowest BCUT2D eigenvalue weighted by molar-refractivity contribution is -0.143. The lowest BCUT2D eigenvalue weighted by Gasteiger charge is -2.05. The van der Waals surface area contributed by atoms with Crippen molar-refractivity contribution in [2.24, 2.45) is 4.99 Å². The van der Waals surface area contributed by atoms with E-state index in [0.29, 0.717) is 20.9 Å². The van der Waals surface area contributed by atoms with Crippen LogP contribution in [0.3, 0.4) is 0 Å². The maximum Gasteiger partial charge on any atom is 0.326 e. The first-order valence-electron chi connectivity index (χ1n) is 8.80. The van der Waals surface area contributed by atoms with Gasteiger partial charge in [-0.3, -0.25) is 14.6 Å². The lowest BCUT2D eigenvalue weighted by atomic mass is 10.3. The van der Waals surface area contributed by atoms with Gasteiger partial charge in [0, 0.05) is 5.02 Å². The van der Waals surface area contributed by atoms with E-state index in [9.17, 15) is 9.59 Å². The Morgan fingerprint density at radius 3 is 2.79 bits per heavy atom. The number of carbonyl (C=O) groups is 2. The summed E-state index contributed by atoms with van der Waals surface area (Å²) in [4.78, 5) is 38.0. The number of amides is 1. The summed E-state index contributed by atoms with van der Waals surface area (Å²) in [6.07, 6.45) is 1.40. The standard InChI is InChI=1S/C20H15ClN4O3S/c1-2-28-18(26)11-25-16-8-7-12(21)9-17(16)29-20(25)24-19(27)15-10-22-13-5-3-4-6-14(13)23-15/h3-10H,2,11H2,1H3. The van der Waals surface area contributed by atoms with Gasteiger partial charge in [-0.15, -0.1) is 0 Å². The van der Waals surface area contributed by atoms with Gasteiger partial charge in [-0.05, 0) is 37.3 Å². The largest absolute Gasteiger partial charge is 0.465 e. The Morgan fingerprint density at radius 2 is 2.00 bits per heavy atom. The molecule has 2 aromatic heterocycles. The van der Waals surface area contributed by atoms with Crippen LogP contribution in [0.15, 0.2) is 53.7 Å². The number of halogens is 1. The van der Waals surface area contributed by atoms with Crippen LogP contribution in [-0.2, 0) is 16.1 Å². The van der Waals surface area contributed by atoms with E-state index in [2.05, 4.69) is 15.0 Å². The number of nitrogens with zero attached hydrogens (tertiary/aromatic N) is 4. The van der Waals surface area contributed by atoms with Crippen LogP contribution in [-0.4, -0.2) is 33.0 Å². The van der Waals surface area contributed by atoms with Gasteiger partial charge in [0.05, 0.1) is 34.1 Å². The van der Waals surface area contributed by atoms with E-state index in [1.165, 1.54) is 17.5 Å². The number of hydrogen-bond acceptors (Lipinski definition) is 6. The fourth-order valence-corrected chi connectivity index (χ4v) is 4.13. The first-order chi connectivity index (χ1) is 14.0. The molecule has 0 spiro atoms. The van der Waals surface area contributed by atoms with Crippen LogP contribution in [0.25, 0.3) is 21.3 Å². The third-order valence-corrected chi connectivity index (χ3v) is 5.38. The monoisotopic (exact) mass is 426 g/mol. The summed E-state index contributed by atoms with van der Waals surface area (Å²) in [5, 5.41) is 0.556. The summed E-state index contributed by atoms with van der Waals surface area (Å²) in [5.74, 6) is -0.958. The Labute approximate surface area is 174 Å². The summed E-state index contributed by atoms with van der Waals surface area (Å²) >= 11 is 7.34. The molecule has 9 heteroatoms. The number of carbonyl (C=O) groups excluding carboxylic acids is 2. The van der Waals surface area contributed by atoms with Gasteiger partial charge in [0.15, 0.2) is 4.80 Å². The van der Waals surface area contributed by atoms with Crippen molar-refractivity contribution in [2.45, 2.75) is 13.5 Å². The van der Waals surface area contributed by atoms with E-state index in [1.807, 2.05) is 18.2 Å². The molecular formula is C20H15ClN4O3S. The van der Waals surface area contributed by atoms with Crippen molar-refractivity contribution < 1.29 is 14.3 Å². The molecule has 4 aromatic rings. The predicted molar refractivity (Wildman–Crippen MR) is 111 cm³/mol. The summed E-state index contributed by atoms with van der Waals surface area (Å²) in [6, 6.07) is 12.5. The molecule has 2 heterocycles. The van der Waals surface area contributed by atoms with Crippen LogP contribution in [0.2, 0.25) is 5.02 Å². The van der Waals surface area contributed by atoms with Crippen LogP contribution in [0.5, 0.6) is 0 Å². The molecule has 0 bridgehead atoms. The molecule has 0 saturated heterocycles. The molecule has 2 aromatic carbocycles. The molecule has 29 heavy (non-hydrogen) atoms. The van der Waals surface area contributed by atoms with Crippen molar-refractivity contribution in [3.05, 3.63) is 64.2 Å². The van der Waals surface area contributed by atoms with E-state index >= 15 is 0 Å². The Morgan fingerprint density at radius 1 is 1.21 bits per heavy atom. The average molecular weight is 427 g/mol. The maximum absolute atomic E-state index is 12.7. The molecule has 0 fully saturated rings. The van der Waals surface area contributed by atoms with Crippen LogP contribution in [0.4, 0.5) is 0 Å². The van der Waals surface area contributed by atoms with Crippen molar-refractivity contribution in [1.29, 1.82) is 0 Å².